The first-order valence-corrected chi connectivity index (χ1v) is 3.78. The summed E-state index contributed by atoms with van der Waals surface area (Å²) in [6.07, 6.45) is 1.45. The smallest absolute Gasteiger partial charge is 0.309 e. The second kappa shape index (κ2) is 3.10. The molecule has 0 aromatic carbocycles. The lowest BCUT2D eigenvalue weighted by molar-refractivity contribution is -0.139. The van der Waals surface area contributed by atoms with Crippen LogP contribution in [0.4, 0.5) is 0 Å². The van der Waals surface area contributed by atoms with Gasteiger partial charge in [-0.25, -0.2) is 0 Å². The highest BCUT2D eigenvalue weighted by molar-refractivity contribution is 7.80. The molecule has 56 valence electrons. The SMILES string of the molecule is COC(=O)CC1=C(CS)C1. The zero-order valence-corrected chi connectivity index (χ0v) is 6.78. The van der Waals surface area contributed by atoms with Crippen molar-refractivity contribution in [3.8, 4) is 0 Å². The molecule has 0 saturated carbocycles. The van der Waals surface area contributed by atoms with Crippen molar-refractivity contribution in [2.75, 3.05) is 12.9 Å². The average molecular weight is 158 g/mol. The first kappa shape index (κ1) is 7.66. The summed E-state index contributed by atoms with van der Waals surface area (Å²) in [5.41, 5.74) is 2.51. The molecule has 0 atom stereocenters. The van der Waals surface area contributed by atoms with E-state index >= 15 is 0 Å². The molecule has 0 unspecified atom stereocenters. The number of carbonyl (C=O) groups is 1. The molecule has 0 aliphatic heterocycles. The molecule has 0 fully saturated rings. The van der Waals surface area contributed by atoms with E-state index in [9.17, 15) is 4.79 Å². The molecule has 0 saturated heterocycles. The number of methoxy groups -OCH3 is 1. The number of rotatable bonds is 3. The summed E-state index contributed by atoms with van der Waals surface area (Å²) in [4.78, 5) is 10.6. The fourth-order valence-electron chi connectivity index (χ4n) is 0.815. The van der Waals surface area contributed by atoms with E-state index in [4.69, 9.17) is 0 Å². The summed E-state index contributed by atoms with van der Waals surface area (Å²) in [7, 11) is 1.41. The maximum atomic E-state index is 10.6. The maximum Gasteiger partial charge on any atom is 0.309 e. The number of carbonyl (C=O) groups excluding carboxylic acids is 1. The molecule has 1 rings (SSSR count). The van der Waals surface area contributed by atoms with Gasteiger partial charge in [0, 0.05) is 5.75 Å². The van der Waals surface area contributed by atoms with Crippen LogP contribution in [-0.4, -0.2) is 18.8 Å². The normalized spacial score (nSPS) is 15.4. The zero-order valence-electron chi connectivity index (χ0n) is 5.89. The van der Waals surface area contributed by atoms with Crippen molar-refractivity contribution in [3.63, 3.8) is 0 Å². The highest BCUT2D eigenvalue weighted by Gasteiger charge is 2.21. The lowest BCUT2D eigenvalue weighted by Gasteiger charge is -1.91. The van der Waals surface area contributed by atoms with Gasteiger partial charge in [-0.2, -0.15) is 12.6 Å². The highest BCUT2D eigenvalue weighted by atomic mass is 32.1. The molecule has 10 heavy (non-hydrogen) atoms. The fraction of sp³-hybridized carbons (Fsp3) is 0.571. The number of thiol groups is 1. The summed E-state index contributed by atoms with van der Waals surface area (Å²) < 4.78 is 4.50. The van der Waals surface area contributed by atoms with Crippen molar-refractivity contribution < 1.29 is 9.53 Å². The third-order valence-corrected chi connectivity index (χ3v) is 1.96. The topological polar surface area (TPSA) is 26.3 Å². The Hall–Kier alpha value is -0.440. The standard InChI is InChI=1S/C7H10O2S/c1-9-7(8)3-5-2-6(5)4-10/h10H,2-4H2,1H3. The van der Waals surface area contributed by atoms with E-state index in [0.717, 1.165) is 12.2 Å². The van der Waals surface area contributed by atoms with Gasteiger partial charge >= 0.3 is 5.97 Å². The first-order chi connectivity index (χ1) is 4.77. The lowest BCUT2D eigenvalue weighted by atomic mass is 10.3. The van der Waals surface area contributed by atoms with E-state index in [1.807, 2.05) is 0 Å². The molecule has 2 nitrogen and oxygen atoms in total. The van der Waals surface area contributed by atoms with E-state index in [0.29, 0.717) is 6.42 Å². The Morgan fingerprint density at radius 1 is 1.70 bits per heavy atom. The lowest BCUT2D eigenvalue weighted by Crippen LogP contribution is -1.97. The fourth-order valence-corrected chi connectivity index (χ4v) is 1.15. The van der Waals surface area contributed by atoms with Gasteiger partial charge in [-0.3, -0.25) is 4.79 Å². The van der Waals surface area contributed by atoms with Crippen LogP contribution in [0.5, 0.6) is 0 Å². The number of ether oxygens (including phenoxy) is 1. The summed E-state index contributed by atoms with van der Waals surface area (Å²) in [6, 6.07) is 0. The van der Waals surface area contributed by atoms with E-state index < -0.39 is 0 Å². The van der Waals surface area contributed by atoms with Gasteiger partial charge in [-0.05, 0) is 6.42 Å². The largest absolute Gasteiger partial charge is 0.469 e. The van der Waals surface area contributed by atoms with Crippen molar-refractivity contribution in [1.82, 2.24) is 0 Å². The van der Waals surface area contributed by atoms with E-state index in [1.165, 1.54) is 18.3 Å². The third-order valence-electron chi connectivity index (χ3n) is 1.58. The van der Waals surface area contributed by atoms with Crippen LogP contribution in [0.15, 0.2) is 11.1 Å². The second-order valence-electron chi connectivity index (χ2n) is 2.29. The molecule has 1 aliphatic rings. The average Bonchev–Trinajstić information content (AvgIpc) is 2.67. The van der Waals surface area contributed by atoms with Crippen molar-refractivity contribution >= 4 is 18.6 Å². The number of hydrogen-bond donors (Lipinski definition) is 1. The molecule has 0 N–H and O–H groups in total. The molecule has 0 heterocycles. The van der Waals surface area contributed by atoms with Crippen molar-refractivity contribution in [1.29, 1.82) is 0 Å². The van der Waals surface area contributed by atoms with Gasteiger partial charge < -0.3 is 4.74 Å². The summed E-state index contributed by atoms with van der Waals surface area (Å²) in [5, 5.41) is 0. The highest BCUT2D eigenvalue weighted by Crippen LogP contribution is 2.34. The van der Waals surface area contributed by atoms with Gasteiger partial charge in [0.2, 0.25) is 0 Å². The predicted molar refractivity (Wildman–Crippen MR) is 42.1 cm³/mol. The van der Waals surface area contributed by atoms with Gasteiger partial charge in [0.05, 0.1) is 13.5 Å². The van der Waals surface area contributed by atoms with Crippen LogP contribution in [0.1, 0.15) is 12.8 Å². The summed E-state index contributed by atoms with van der Waals surface area (Å²) in [6.45, 7) is 0. The quantitative estimate of drug-likeness (QED) is 0.379. The molecule has 3 heteroatoms. The van der Waals surface area contributed by atoms with Gasteiger partial charge in [0.1, 0.15) is 0 Å². The minimum atomic E-state index is -0.146. The van der Waals surface area contributed by atoms with E-state index in [1.54, 1.807) is 0 Å². The van der Waals surface area contributed by atoms with Gasteiger partial charge in [-0.1, -0.05) is 11.1 Å². The Labute approximate surface area is 65.7 Å². The molecular weight excluding hydrogens is 148 g/mol. The van der Waals surface area contributed by atoms with E-state index in [2.05, 4.69) is 17.4 Å². The van der Waals surface area contributed by atoms with Crippen LogP contribution in [0.2, 0.25) is 0 Å². The Balaban J connectivity index is 2.29. The van der Waals surface area contributed by atoms with Crippen LogP contribution >= 0.6 is 12.6 Å². The summed E-state index contributed by atoms with van der Waals surface area (Å²) >= 11 is 4.08. The molecule has 0 aromatic heterocycles. The van der Waals surface area contributed by atoms with Gasteiger partial charge in [0.15, 0.2) is 0 Å². The minimum absolute atomic E-state index is 0.146. The Kier molecular flexibility index (Phi) is 2.38. The van der Waals surface area contributed by atoms with Crippen LogP contribution in [-0.2, 0) is 9.53 Å². The Morgan fingerprint density at radius 2 is 2.40 bits per heavy atom. The number of esters is 1. The Bertz CT molecular complexity index is 184. The van der Waals surface area contributed by atoms with Crippen LogP contribution in [0.3, 0.4) is 0 Å². The van der Waals surface area contributed by atoms with Crippen LogP contribution < -0.4 is 0 Å². The molecule has 1 aliphatic carbocycles. The van der Waals surface area contributed by atoms with Crippen molar-refractivity contribution in [2.45, 2.75) is 12.8 Å². The van der Waals surface area contributed by atoms with Gasteiger partial charge in [0.25, 0.3) is 0 Å². The monoisotopic (exact) mass is 158 g/mol. The zero-order chi connectivity index (χ0) is 7.56. The molecule has 0 bridgehead atoms. The van der Waals surface area contributed by atoms with Gasteiger partial charge in [-0.15, -0.1) is 0 Å². The Morgan fingerprint density at radius 3 is 2.80 bits per heavy atom. The minimum Gasteiger partial charge on any atom is -0.469 e. The third kappa shape index (κ3) is 1.77. The molecule has 0 radical (unpaired) electrons. The summed E-state index contributed by atoms with van der Waals surface area (Å²) in [5.74, 6) is 0.638. The predicted octanol–water partition coefficient (Wildman–Crippen LogP) is 1.18. The van der Waals surface area contributed by atoms with Crippen molar-refractivity contribution in [2.24, 2.45) is 0 Å². The van der Waals surface area contributed by atoms with E-state index in [-0.39, 0.29) is 5.97 Å². The van der Waals surface area contributed by atoms with Crippen LogP contribution in [0, 0.1) is 0 Å². The molecular formula is C7H10O2S. The first-order valence-electron chi connectivity index (χ1n) is 3.15. The molecule has 0 spiro atoms. The second-order valence-corrected chi connectivity index (χ2v) is 2.61. The molecule has 0 amide bonds. The van der Waals surface area contributed by atoms with Crippen molar-refractivity contribution in [3.05, 3.63) is 11.1 Å². The van der Waals surface area contributed by atoms with Crippen LogP contribution in [0.25, 0.3) is 0 Å². The maximum absolute atomic E-state index is 10.6. The molecule has 0 aromatic rings. The number of hydrogen-bond acceptors (Lipinski definition) is 3.